The molecule has 0 radical (unpaired) electrons. The van der Waals surface area contributed by atoms with Crippen molar-refractivity contribution in [2.45, 2.75) is 44.7 Å². The van der Waals surface area contributed by atoms with Crippen molar-refractivity contribution in [3.8, 4) is 5.88 Å². The third-order valence-corrected chi connectivity index (χ3v) is 5.01. The van der Waals surface area contributed by atoms with Crippen molar-refractivity contribution in [1.29, 1.82) is 0 Å². The summed E-state index contributed by atoms with van der Waals surface area (Å²) < 4.78 is 60.8. The highest BCUT2D eigenvalue weighted by Gasteiger charge is 2.45. The van der Waals surface area contributed by atoms with Gasteiger partial charge in [0.15, 0.2) is 12.3 Å². The first-order chi connectivity index (χ1) is 16.2. The molecule has 0 aliphatic heterocycles. The lowest BCUT2D eigenvalue weighted by atomic mass is 9.79. The predicted octanol–water partition coefficient (Wildman–Crippen LogP) is 1.74. The number of alkyl halides is 4. The van der Waals surface area contributed by atoms with Gasteiger partial charge in [0, 0.05) is 25.8 Å². The number of halogens is 4. The fourth-order valence-electron chi connectivity index (χ4n) is 3.42. The van der Waals surface area contributed by atoms with Crippen LogP contribution in [0, 0.1) is 5.92 Å². The zero-order valence-electron chi connectivity index (χ0n) is 17.5. The quantitative estimate of drug-likeness (QED) is 0.415. The van der Waals surface area contributed by atoms with Crippen molar-refractivity contribution in [1.82, 2.24) is 35.5 Å². The van der Waals surface area contributed by atoms with E-state index in [4.69, 9.17) is 0 Å². The average molecular weight is 485 g/mol. The van der Waals surface area contributed by atoms with Crippen molar-refractivity contribution < 1.29 is 36.5 Å². The molecule has 2 N–H and O–H groups in total. The van der Waals surface area contributed by atoms with Crippen LogP contribution in [0.1, 0.15) is 41.0 Å². The van der Waals surface area contributed by atoms with E-state index in [0.29, 0.717) is 16.9 Å². The van der Waals surface area contributed by atoms with Crippen LogP contribution in [-0.4, -0.2) is 55.7 Å². The van der Waals surface area contributed by atoms with Crippen LogP contribution in [0.15, 0.2) is 23.1 Å². The summed E-state index contributed by atoms with van der Waals surface area (Å²) >= 11 is 0. The van der Waals surface area contributed by atoms with Crippen LogP contribution in [-0.2, 0) is 17.9 Å². The molecular formula is C19H19F4N7O4. The van der Waals surface area contributed by atoms with Crippen LogP contribution < -0.4 is 15.4 Å². The molecular weight excluding hydrogens is 466 g/mol. The van der Waals surface area contributed by atoms with Gasteiger partial charge in [0.05, 0.1) is 24.6 Å². The normalized spacial score (nSPS) is 15.3. The highest BCUT2D eigenvalue weighted by Crippen LogP contribution is 2.43. The number of carbonyl (C=O) groups is 2. The number of ether oxygens (including phenoxy) is 1. The third-order valence-electron chi connectivity index (χ3n) is 5.01. The molecule has 34 heavy (non-hydrogen) atoms. The molecule has 0 aromatic carbocycles. The minimum absolute atomic E-state index is 0.0402. The van der Waals surface area contributed by atoms with E-state index in [2.05, 4.69) is 40.4 Å². The monoisotopic (exact) mass is 485 g/mol. The van der Waals surface area contributed by atoms with E-state index in [1.165, 1.54) is 10.7 Å². The zero-order chi connectivity index (χ0) is 24.3. The molecule has 182 valence electrons. The standard InChI is InChI=1S/C19H19F4N7O4/c20-13(21)9-33-18-16(28-34-29-18)17(32)25-7-12-8-30-14(27-12)1-11(6-26-30)5-24-15(31)2-10-3-19(22,23)4-10/h1,6,8,10,13H,2-5,7,9H2,(H,24,31)(H,25,32). The molecule has 3 heterocycles. The predicted molar refractivity (Wildman–Crippen MR) is 104 cm³/mol. The smallest absolute Gasteiger partial charge is 0.289 e. The maximum absolute atomic E-state index is 12.9. The van der Waals surface area contributed by atoms with E-state index in [1.54, 1.807) is 12.3 Å². The first-order valence-electron chi connectivity index (χ1n) is 10.2. The van der Waals surface area contributed by atoms with E-state index in [9.17, 15) is 27.2 Å². The Hall–Kier alpha value is -3.78. The molecule has 11 nitrogen and oxygen atoms in total. The summed E-state index contributed by atoms with van der Waals surface area (Å²) in [6, 6.07) is 1.67. The number of carbonyl (C=O) groups excluding carboxylic acids is 2. The van der Waals surface area contributed by atoms with Crippen LogP contribution in [0.5, 0.6) is 5.88 Å². The van der Waals surface area contributed by atoms with Crippen LogP contribution in [0.2, 0.25) is 0 Å². The molecule has 0 atom stereocenters. The highest BCUT2D eigenvalue weighted by molar-refractivity contribution is 5.94. The summed E-state index contributed by atoms with van der Waals surface area (Å²) in [4.78, 5) is 28.5. The largest absolute Gasteiger partial charge is 0.468 e. The molecule has 4 rings (SSSR count). The van der Waals surface area contributed by atoms with Crippen LogP contribution in [0.4, 0.5) is 17.6 Å². The average Bonchev–Trinajstić information content (AvgIpc) is 3.39. The van der Waals surface area contributed by atoms with Gasteiger partial charge in [0.2, 0.25) is 17.5 Å². The van der Waals surface area contributed by atoms with Gasteiger partial charge in [-0.25, -0.2) is 31.7 Å². The Morgan fingerprint density at radius 3 is 2.76 bits per heavy atom. The van der Waals surface area contributed by atoms with E-state index in [-0.39, 0.29) is 49.9 Å². The minimum Gasteiger partial charge on any atom is -0.468 e. The van der Waals surface area contributed by atoms with Crippen LogP contribution in [0.3, 0.4) is 0 Å². The van der Waals surface area contributed by atoms with Crippen molar-refractivity contribution in [3.63, 3.8) is 0 Å². The van der Waals surface area contributed by atoms with Gasteiger partial charge in [-0.2, -0.15) is 5.10 Å². The van der Waals surface area contributed by atoms with Gasteiger partial charge in [0.1, 0.15) is 0 Å². The maximum Gasteiger partial charge on any atom is 0.289 e. The number of imidazole rings is 1. The Morgan fingerprint density at radius 2 is 2.03 bits per heavy atom. The van der Waals surface area contributed by atoms with Gasteiger partial charge in [-0.1, -0.05) is 0 Å². The molecule has 1 fully saturated rings. The number of fused-ring (bicyclic) bond motifs is 1. The molecule has 2 amide bonds. The Labute approximate surface area is 188 Å². The summed E-state index contributed by atoms with van der Waals surface area (Å²) in [6.07, 6.45) is -0.162. The Balaban J connectivity index is 1.29. The Kier molecular flexibility index (Phi) is 6.61. The van der Waals surface area contributed by atoms with Crippen molar-refractivity contribution in [2.75, 3.05) is 6.61 Å². The zero-order valence-corrected chi connectivity index (χ0v) is 17.5. The van der Waals surface area contributed by atoms with Crippen LogP contribution >= 0.6 is 0 Å². The molecule has 1 saturated carbocycles. The number of nitrogens with one attached hydrogen (secondary N) is 2. The van der Waals surface area contributed by atoms with Gasteiger partial charge in [-0.05, 0) is 27.9 Å². The lowest BCUT2D eigenvalue weighted by Crippen LogP contribution is -2.38. The third kappa shape index (κ3) is 5.77. The number of amides is 2. The van der Waals surface area contributed by atoms with E-state index in [1.807, 2.05) is 0 Å². The molecule has 15 heteroatoms. The first kappa shape index (κ1) is 23.4. The summed E-state index contributed by atoms with van der Waals surface area (Å²) in [6.45, 7) is -0.849. The number of aromatic nitrogens is 5. The molecule has 1 aliphatic carbocycles. The highest BCUT2D eigenvalue weighted by atomic mass is 19.3. The summed E-state index contributed by atoms with van der Waals surface area (Å²) in [5, 5.41) is 16.0. The number of hydrogen-bond acceptors (Lipinski definition) is 8. The number of hydrogen-bond donors (Lipinski definition) is 2. The Morgan fingerprint density at radius 1 is 1.24 bits per heavy atom. The van der Waals surface area contributed by atoms with E-state index in [0.717, 1.165) is 0 Å². The lowest BCUT2D eigenvalue weighted by Gasteiger charge is -2.34. The second-order valence-corrected chi connectivity index (χ2v) is 7.81. The van der Waals surface area contributed by atoms with Gasteiger partial charge in [0.25, 0.3) is 18.2 Å². The van der Waals surface area contributed by atoms with Crippen molar-refractivity contribution in [2.24, 2.45) is 5.92 Å². The second-order valence-electron chi connectivity index (χ2n) is 7.81. The molecule has 0 bridgehead atoms. The maximum atomic E-state index is 12.9. The molecule has 1 aliphatic rings. The van der Waals surface area contributed by atoms with Gasteiger partial charge in [-0.3, -0.25) is 9.59 Å². The molecule has 0 saturated heterocycles. The second kappa shape index (κ2) is 9.61. The number of rotatable bonds is 10. The summed E-state index contributed by atoms with van der Waals surface area (Å²) in [5.41, 5.74) is 1.14. The summed E-state index contributed by atoms with van der Waals surface area (Å²) in [5.74, 6) is -4.49. The van der Waals surface area contributed by atoms with Gasteiger partial charge >= 0.3 is 0 Å². The Bertz CT molecular complexity index is 1170. The molecule has 3 aromatic heterocycles. The molecule has 0 unspecified atom stereocenters. The lowest BCUT2D eigenvalue weighted by molar-refractivity contribution is -0.133. The molecule has 0 spiro atoms. The van der Waals surface area contributed by atoms with Gasteiger partial charge in [-0.15, -0.1) is 0 Å². The van der Waals surface area contributed by atoms with E-state index >= 15 is 0 Å². The number of nitrogens with zero attached hydrogens (tertiary/aromatic N) is 5. The van der Waals surface area contributed by atoms with Crippen molar-refractivity contribution in [3.05, 3.63) is 35.4 Å². The SMILES string of the molecule is O=C(CC1CC(F)(F)C1)NCc1cnn2cc(CNC(=O)c3nonc3OCC(F)F)nc2c1. The van der Waals surface area contributed by atoms with Crippen LogP contribution in [0.25, 0.3) is 5.65 Å². The first-order valence-corrected chi connectivity index (χ1v) is 10.2. The summed E-state index contributed by atoms with van der Waals surface area (Å²) in [7, 11) is 0. The van der Waals surface area contributed by atoms with E-state index < -0.39 is 30.7 Å². The van der Waals surface area contributed by atoms with Crippen molar-refractivity contribution >= 4 is 17.5 Å². The minimum atomic E-state index is -2.76. The van der Waals surface area contributed by atoms with Gasteiger partial charge < -0.3 is 15.4 Å². The molecule has 3 aromatic rings. The fraction of sp³-hybridized carbons (Fsp3) is 0.474. The fourth-order valence-corrected chi connectivity index (χ4v) is 3.42. The topological polar surface area (TPSA) is 137 Å².